The highest BCUT2D eigenvalue weighted by Gasteiger charge is 2.31. The zero-order valence-electron chi connectivity index (χ0n) is 17.4. The number of furan rings is 1. The number of ether oxygens (including phenoxy) is 1. The number of nitrogens with one attached hydrogen (secondary N) is 1. The molecular formula is C24H17ClF3NO4. The van der Waals surface area contributed by atoms with Crippen molar-refractivity contribution in [3.05, 3.63) is 76.5 Å². The lowest BCUT2D eigenvalue weighted by Gasteiger charge is -2.15. The number of halogens is 4. The third-order valence-electron chi connectivity index (χ3n) is 5.22. The maximum absolute atomic E-state index is 12.9. The molecular weight excluding hydrogens is 459 g/mol. The lowest BCUT2D eigenvalue weighted by Crippen LogP contribution is -2.30. The van der Waals surface area contributed by atoms with Gasteiger partial charge in [-0.3, -0.25) is 4.79 Å². The summed E-state index contributed by atoms with van der Waals surface area (Å²) in [5, 5.41) is 4.66. The largest absolute Gasteiger partial charge is 0.448 e. The maximum atomic E-state index is 12.9. The van der Waals surface area contributed by atoms with Crippen molar-refractivity contribution in [3.63, 3.8) is 0 Å². The monoisotopic (exact) mass is 475 g/mol. The summed E-state index contributed by atoms with van der Waals surface area (Å²) in [6.45, 7) is 2.99. The summed E-state index contributed by atoms with van der Waals surface area (Å²) in [4.78, 5) is 25.2. The predicted octanol–water partition coefficient (Wildman–Crippen LogP) is 6.75. The molecule has 4 rings (SSSR count). The molecule has 0 bridgehead atoms. The number of rotatable bonds is 4. The second-order valence-corrected chi connectivity index (χ2v) is 7.86. The van der Waals surface area contributed by atoms with Gasteiger partial charge in [-0.2, -0.15) is 13.2 Å². The van der Waals surface area contributed by atoms with E-state index in [1.54, 1.807) is 6.92 Å². The first-order valence-electron chi connectivity index (χ1n) is 9.85. The number of benzene rings is 3. The van der Waals surface area contributed by atoms with E-state index in [0.717, 1.165) is 28.3 Å². The number of aryl methyl sites for hydroxylation is 1. The summed E-state index contributed by atoms with van der Waals surface area (Å²) in [7, 11) is 0. The number of esters is 1. The summed E-state index contributed by atoms with van der Waals surface area (Å²) in [5.41, 5.74) is -0.151. The van der Waals surface area contributed by atoms with Crippen molar-refractivity contribution in [2.75, 3.05) is 5.32 Å². The van der Waals surface area contributed by atoms with E-state index in [9.17, 15) is 22.8 Å². The number of alkyl halides is 3. The predicted molar refractivity (Wildman–Crippen MR) is 118 cm³/mol. The number of fused-ring (bicyclic) bond motifs is 3. The Balaban J connectivity index is 1.54. The van der Waals surface area contributed by atoms with Crippen molar-refractivity contribution in [2.24, 2.45) is 0 Å². The van der Waals surface area contributed by atoms with Gasteiger partial charge >= 0.3 is 12.1 Å². The van der Waals surface area contributed by atoms with Crippen LogP contribution in [-0.2, 0) is 15.7 Å². The van der Waals surface area contributed by atoms with Crippen LogP contribution < -0.4 is 5.32 Å². The van der Waals surface area contributed by atoms with Gasteiger partial charge in [-0.1, -0.05) is 48.0 Å². The summed E-state index contributed by atoms with van der Waals surface area (Å²) in [5.74, 6) is -1.77. The number of hydrogen-bond acceptors (Lipinski definition) is 4. The van der Waals surface area contributed by atoms with Crippen molar-refractivity contribution in [2.45, 2.75) is 26.1 Å². The van der Waals surface area contributed by atoms with Crippen molar-refractivity contribution in [1.82, 2.24) is 0 Å². The van der Waals surface area contributed by atoms with Gasteiger partial charge in [0, 0.05) is 16.3 Å². The molecule has 0 aliphatic rings. The molecule has 170 valence electrons. The minimum absolute atomic E-state index is 0.0573. The average Bonchev–Trinajstić information content (AvgIpc) is 3.11. The third-order valence-corrected chi connectivity index (χ3v) is 5.55. The van der Waals surface area contributed by atoms with Crippen LogP contribution in [0.1, 0.15) is 28.6 Å². The van der Waals surface area contributed by atoms with E-state index in [0.29, 0.717) is 17.2 Å². The molecule has 1 aromatic heterocycles. The van der Waals surface area contributed by atoms with Crippen LogP contribution in [0.3, 0.4) is 0 Å². The smallest absolute Gasteiger partial charge is 0.416 e. The summed E-state index contributed by atoms with van der Waals surface area (Å²) < 4.78 is 49.8. The third kappa shape index (κ3) is 4.39. The molecule has 4 aromatic rings. The zero-order chi connectivity index (χ0) is 23.9. The molecule has 1 unspecified atom stereocenters. The van der Waals surface area contributed by atoms with Crippen molar-refractivity contribution in [3.8, 4) is 0 Å². The molecule has 1 atom stereocenters. The van der Waals surface area contributed by atoms with Gasteiger partial charge in [-0.25, -0.2) is 4.79 Å². The number of amides is 1. The first-order chi connectivity index (χ1) is 15.6. The molecule has 0 spiro atoms. The van der Waals surface area contributed by atoms with Gasteiger partial charge in [-0.05, 0) is 37.4 Å². The molecule has 0 saturated heterocycles. The van der Waals surface area contributed by atoms with E-state index < -0.39 is 29.7 Å². The van der Waals surface area contributed by atoms with Crippen molar-refractivity contribution in [1.29, 1.82) is 0 Å². The Hall–Kier alpha value is -3.52. The molecule has 0 radical (unpaired) electrons. The highest BCUT2D eigenvalue weighted by atomic mass is 35.5. The first kappa shape index (κ1) is 22.7. The minimum Gasteiger partial charge on any atom is -0.448 e. The molecule has 33 heavy (non-hydrogen) atoms. The molecule has 1 amide bonds. The standard InChI is InChI=1S/C24H17ClF3NO4/c1-12-16-9-7-14-5-3-4-6-17(14)21(16)33-20(12)23(31)32-13(2)22(30)29-19-11-15(24(26,27)28)8-10-18(19)25/h3-11,13H,1-2H3,(H,29,30). The summed E-state index contributed by atoms with van der Waals surface area (Å²) >= 11 is 5.91. The Labute approximate surface area is 191 Å². The van der Waals surface area contributed by atoms with Crippen LogP contribution in [0.25, 0.3) is 21.7 Å². The van der Waals surface area contributed by atoms with E-state index in [4.69, 9.17) is 20.8 Å². The SMILES string of the molecule is Cc1c(C(=O)OC(C)C(=O)Nc2cc(C(F)(F)F)ccc2Cl)oc2c1ccc1ccccc12. The molecule has 1 N–H and O–H groups in total. The van der Waals surface area contributed by atoms with Gasteiger partial charge in [0.2, 0.25) is 5.76 Å². The Morgan fingerprint density at radius 3 is 2.52 bits per heavy atom. The Bertz CT molecular complexity index is 1390. The van der Waals surface area contributed by atoms with Crippen molar-refractivity contribution >= 4 is 50.9 Å². The van der Waals surface area contributed by atoms with Crippen LogP contribution in [0.15, 0.2) is 59.0 Å². The van der Waals surface area contributed by atoms with Gasteiger partial charge in [0.05, 0.1) is 16.3 Å². The lowest BCUT2D eigenvalue weighted by atomic mass is 10.1. The second kappa shape index (κ2) is 8.44. The Morgan fingerprint density at radius 2 is 1.79 bits per heavy atom. The maximum Gasteiger partial charge on any atom is 0.416 e. The topological polar surface area (TPSA) is 68.5 Å². The number of anilines is 1. The second-order valence-electron chi connectivity index (χ2n) is 7.45. The molecule has 1 heterocycles. The van der Waals surface area contributed by atoms with E-state index in [-0.39, 0.29) is 16.5 Å². The van der Waals surface area contributed by atoms with Gasteiger partial charge in [0.15, 0.2) is 6.10 Å². The van der Waals surface area contributed by atoms with Gasteiger partial charge in [0.1, 0.15) is 5.58 Å². The fourth-order valence-electron chi connectivity index (χ4n) is 3.44. The van der Waals surface area contributed by atoms with Crippen LogP contribution in [0, 0.1) is 6.92 Å². The fourth-order valence-corrected chi connectivity index (χ4v) is 3.61. The van der Waals surface area contributed by atoms with E-state index in [2.05, 4.69) is 5.32 Å². The van der Waals surface area contributed by atoms with Crippen LogP contribution >= 0.6 is 11.6 Å². The van der Waals surface area contributed by atoms with Crippen LogP contribution in [0.5, 0.6) is 0 Å². The van der Waals surface area contributed by atoms with Crippen LogP contribution in [0.2, 0.25) is 5.02 Å². The number of carbonyl (C=O) groups excluding carboxylic acids is 2. The quantitative estimate of drug-likeness (QED) is 0.331. The molecule has 0 fully saturated rings. The summed E-state index contributed by atoms with van der Waals surface area (Å²) in [6, 6.07) is 13.8. The minimum atomic E-state index is -4.61. The normalized spacial score (nSPS) is 12.7. The van der Waals surface area contributed by atoms with E-state index in [1.807, 2.05) is 36.4 Å². The molecule has 5 nitrogen and oxygen atoms in total. The molecule has 3 aromatic carbocycles. The van der Waals surface area contributed by atoms with Gasteiger partial charge < -0.3 is 14.5 Å². The Morgan fingerprint density at radius 1 is 1.06 bits per heavy atom. The molecule has 0 aliphatic carbocycles. The number of hydrogen-bond donors (Lipinski definition) is 1. The zero-order valence-corrected chi connectivity index (χ0v) is 18.2. The number of carbonyl (C=O) groups is 2. The average molecular weight is 476 g/mol. The lowest BCUT2D eigenvalue weighted by molar-refractivity contribution is -0.137. The molecule has 0 saturated carbocycles. The van der Waals surface area contributed by atoms with Gasteiger partial charge in [0.25, 0.3) is 5.91 Å². The fraction of sp³-hybridized carbons (Fsp3) is 0.167. The molecule has 0 aliphatic heterocycles. The van der Waals surface area contributed by atoms with Crippen LogP contribution in [-0.4, -0.2) is 18.0 Å². The van der Waals surface area contributed by atoms with Crippen LogP contribution in [0.4, 0.5) is 18.9 Å². The summed E-state index contributed by atoms with van der Waals surface area (Å²) in [6.07, 6.45) is -5.93. The van der Waals surface area contributed by atoms with E-state index >= 15 is 0 Å². The van der Waals surface area contributed by atoms with E-state index in [1.165, 1.54) is 6.92 Å². The van der Waals surface area contributed by atoms with Gasteiger partial charge in [-0.15, -0.1) is 0 Å². The van der Waals surface area contributed by atoms with Crippen molar-refractivity contribution < 1.29 is 31.9 Å². The highest BCUT2D eigenvalue weighted by molar-refractivity contribution is 6.33. The Kier molecular flexibility index (Phi) is 5.80. The first-order valence-corrected chi connectivity index (χ1v) is 10.2. The highest BCUT2D eigenvalue weighted by Crippen LogP contribution is 2.34. The molecule has 9 heteroatoms.